The van der Waals surface area contributed by atoms with Gasteiger partial charge in [0.25, 0.3) is 0 Å². The fourth-order valence-electron chi connectivity index (χ4n) is 3.78. The molecule has 2 fully saturated rings. The van der Waals surface area contributed by atoms with Crippen LogP contribution in [0.2, 0.25) is 0 Å². The van der Waals surface area contributed by atoms with Gasteiger partial charge in [0.1, 0.15) is 0 Å². The Labute approximate surface area is 123 Å². The number of nitrogens with one attached hydrogen (secondary N) is 1. The number of rotatable bonds is 6. The summed E-state index contributed by atoms with van der Waals surface area (Å²) in [6, 6.07) is 0.434. The van der Waals surface area contributed by atoms with Gasteiger partial charge in [-0.2, -0.15) is 0 Å². The highest BCUT2D eigenvalue weighted by atomic mass is 16.5. The average Bonchev–Trinajstić information content (AvgIpc) is 2.46. The lowest BCUT2D eigenvalue weighted by molar-refractivity contribution is -0.154. The molecule has 0 bridgehead atoms. The van der Waals surface area contributed by atoms with Gasteiger partial charge in [-0.3, -0.25) is 0 Å². The van der Waals surface area contributed by atoms with E-state index >= 15 is 0 Å². The summed E-state index contributed by atoms with van der Waals surface area (Å²) in [6.07, 6.45) is 4.64. The van der Waals surface area contributed by atoms with E-state index in [9.17, 15) is 0 Å². The van der Waals surface area contributed by atoms with Gasteiger partial charge in [-0.1, -0.05) is 6.92 Å². The maximum Gasteiger partial charge on any atom is 0.0729 e. The minimum absolute atomic E-state index is 0.0702. The van der Waals surface area contributed by atoms with Crippen LogP contribution in [-0.2, 0) is 14.2 Å². The lowest BCUT2D eigenvalue weighted by Crippen LogP contribution is -2.52. The summed E-state index contributed by atoms with van der Waals surface area (Å²) in [7, 11) is 0. The van der Waals surface area contributed by atoms with Crippen molar-refractivity contribution >= 4 is 0 Å². The molecule has 2 aliphatic heterocycles. The SMILES string of the molecule is CCNC(C1CCOC2(CCOCC2)C1)C(C)OCC. The van der Waals surface area contributed by atoms with Gasteiger partial charge in [0.05, 0.1) is 11.7 Å². The van der Waals surface area contributed by atoms with Crippen molar-refractivity contribution in [1.29, 1.82) is 0 Å². The minimum atomic E-state index is 0.0702. The summed E-state index contributed by atoms with van der Waals surface area (Å²) in [6.45, 7) is 10.8. The molecule has 4 nitrogen and oxygen atoms in total. The zero-order valence-corrected chi connectivity index (χ0v) is 13.3. The van der Waals surface area contributed by atoms with Crippen LogP contribution in [0.15, 0.2) is 0 Å². The molecule has 3 unspecified atom stereocenters. The van der Waals surface area contributed by atoms with Crippen LogP contribution >= 0.6 is 0 Å². The highest BCUT2D eigenvalue weighted by Gasteiger charge is 2.42. The maximum absolute atomic E-state index is 6.16. The van der Waals surface area contributed by atoms with Gasteiger partial charge in [-0.25, -0.2) is 0 Å². The van der Waals surface area contributed by atoms with Crippen LogP contribution in [-0.4, -0.2) is 50.7 Å². The molecule has 1 N–H and O–H groups in total. The number of ether oxygens (including phenoxy) is 3. The Balaban J connectivity index is 2.00. The Morgan fingerprint density at radius 3 is 2.65 bits per heavy atom. The molecular formula is C16H31NO3. The molecule has 0 radical (unpaired) electrons. The Kier molecular flexibility index (Phi) is 6.27. The fourth-order valence-corrected chi connectivity index (χ4v) is 3.78. The second kappa shape index (κ2) is 7.74. The van der Waals surface area contributed by atoms with Gasteiger partial charge >= 0.3 is 0 Å². The third-order valence-electron chi connectivity index (χ3n) is 4.82. The lowest BCUT2D eigenvalue weighted by atomic mass is 9.76. The van der Waals surface area contributed by atoms with Crippen molar-refractivity contribution in [3.63, 3.8) is 0 Å². The number of likely N-dealkylation sites (N-methyl/N-ethyl adjacent to an activating group) is 1. The van der Waals surface area contributed by atoms with Crippen LogP contribution in [0.25, 0.3) is 0 Å². The van der Waals surface area contributed by atoms with Gasteiger partial charge < -0.3 is 19.5 Å². The van der Waals surface area contributed by atoms with Crippen LogP contribution < -0.4 is 5.32 Å². The van der Waals surface area contributed by atoms with E-state index in [-0.39, 0.29) is 11.7 Å². The monoisotopic (exact) mass is 285 g/mol. The van der Waals surface area contributed by atoms with Crippen molar-refractivity contribution in [3.8, 4) is 0 Å². The molecular weight excluding hydrogens is 254 g/mol. The third-order valence-corrected chi connectivity index (χ3v) is 4.82. The van der Waals surface area contributed by atoms with Gasteiger partial charge in [-0.15, -0.1) is 0 Å². The summed E-state index contributed by atoms with van der Waals surface area (Å²) in [5.41, 5.74) is 0.0702. The molecule has 1 spiro atoms. The van der Waals surface area contributed by atoms with E-state index in [0.717, 1.165) is 58.7 Å². The van der Waals surface area contributed by atoms with E-state index in [1.54, 1.807) is 0 Å². The molecule has 0 aliphatic carbocycles. The van der Waals surface area contributed by atoms with Crippen molar-refractivity contribution < 1.29 is 14.2 Å². The van der Waals surface area contributed by atoms with Crippen LogP contribution in [0.1, 0.15) is 46.5 Å². The molecule has 0 saturated carbocycles. The first-order valence-corrected chi connectivity index (χ1v) is 8.27. The first kappa shape index (κ1) is 16.2. The van der Waals surface area contributed by atoms with Gasteiger partial charge in [-0.05, 0) is 52.0 Å². The van der Waals surface area contributed by atoms with E-state index < -0.39 is 0 Å². The van der Waals surface area contributed by atoms with Crippen LogP contribution in [0.3, 0.4) is 0 Å². The Bertz CT molecular complexity index is 273. The maximum atomic E-state index is 6.16. The largest absolute Gasteiger partial charge is 0.381 e. The van der Waals surface area contributed by atoms with E-state index in [4.69, 9.17) is 14.2 Å². The van der Waals surface area contributed by atoms with E-state index in [1.165, 1.54) is 0 Å². The Hall–Kier alpha value is -0.160. The summed E-state index contributed by atoms with van der Waals surface area (Å²) >= 11 is 0. The molecule has 2 aliphatic rings. The molecule has 0 aromatic heterocycles. The molecule has 2 rings (SSSR count). The molecule has 0 amide bonds. The van der Waals surface area contributed by atoms with Crippen LogP contribution in [0.5, 0.6) is 0 Å². The van der Waals surface area contributed by atoms with Crippen molar-refractivity contribution in [2.75, 3.05) is 33.0 Å². The summed E-state index contributed by atoms with van der Waals surface area (Å²) < 4.78 is 17.5. The molecule has 0 aromatic rings. The average molecular weight is 285 g/mol. The highest BCUT2D eigenvalue weighted by Crippen LogP contribution is 2.39. The summed E-state index contributed by atoms with van der Waals surface area (Å²) in [5.74, 6) is 0.642. The first-order chi connectivity index (χ1) is 9.71. The first-order valence-electron chi connectivity index (χ1n) is 8.27. The zero-order valence-electron chi connectivity index (χ0n) is 13.3. The molecule has 20 heavy (non-hydrogen) atoms. The quantitative estimate of drug-likeness (QED) is 0.813. The van der Waals surface area contributed by atoms with E-state index in [1.807, 2.05) is 0 Å². The molecule has 2 saturated heterocycles. The molecule has 0 aromatic carbocycles. The predicted octanol–water partition coefficient (Wildman–Crippen LogP) is 2.37. The van der Waals surface area contributed by atoms with Crippen molar-refractivity contribution in [2.24, 2.45) is 5.92 Å². The van der Waals surface area contributed by atoms with E-state index in [0.29, 0.717) is 12.0 Å². The van der Waals surface area contributed by atoms with Crippen molar-refractivity contribution in [2.45, 2.75) is 64.2 Å². The molecule has 4 heteroatoms. The smallest absolute Gasteiger partial charge is 0.0729 e. The summed E-state index contributed by atoms with van der Waals surface area (Å²) in [4.78, 5) is 0. The second-order valence-electron chi connectivity index (χ2n) is 6.14. The summed E-state index contributed by atoms with van der Waals surface area (Å²) in [5, 5.41) is 3.65. The fraction of sp³-hybridized carbons (Fsp3) is 1.00. The number of hydrogen-bond donors (Lipinski definition) is 1. The zero-order chi connectivity index (χ0) is 14.4. The van der Waals surface area contributed by atoms with E-state index in [2.05, 4.69) is 26.1 Å². The Morgan fingerprint density at radius 1 is 1.25 bits per heavy atom. The number of hydrogen-bond acceptors (Lipinski definition) is 4. The molecule has 3 atom stereocenters. The predicted molar refractivity (Wildman–Crippen MR) is 80.0 cm³/mol. The van der Waals surface area contributed by atoms with Gasteiger partial charge in [0.15, 0.2) is 0 Å². The standard InChI is InChI=1S/C16H31NO3/c1-4-17-15(13(3)19-5-2)14-6-9-20-16(12-14)7-10-18-11-8-16/h13-15,17H,4-12H2,1-3H3. The van der Waals surface area contributed by atoms with Crippen LogP contribution in [0.4, 0.5) is 0 Å². The van der Waals surface area contributed by atoms with Gasteiger partial charge in [0, 0.05) is 32.5 Å². The normalized spacial score (nSPS) is 29.2. The second-order valence-corrected chi connectivity index (χ2v) is 6.14. The topological polar surface area (TPSA) is 39.7 Å². The molecule has 2 heterocycles. The van der Waals surface area contributed by atoms with Crippen molar-refractivity contribution in [1.82, 2.24) is 5.32 Å². The van der Waals surface area contributed by atoms with Crippen LogP contribution in [0, 0.1) is 5.92 Å². The molecule has 118 valence electrons. The van der Waals surface area contributed by atoms with Crippen molar-refractivity contribution in [3.05, 3.63) is 0 Å². The Morgan fingerprint density at radius 2 is 2.00 bits per heavy atom. The minimum Gasteiger partial charge on any atom is -0.381 e. The lowest BCUT2D eigenvalue weighted by Gasteiger charge is -2.46. The third kappa shape index (κ3) is 3.94. The highest BCUT2D eigenvalue weighted by molar-refractivity contribution is 4.94. The van der Waals surface area contributed by atoms with Gasteiger partial charge in [0.2, 0.25) is 0 Å².